The highest BCUT2D eigenvalue weighted by Crippen LogP contribution is 2.32. The van der Waals surface area contributed by atoms with Gasteiger partial charge < -0.3 is 0 Å². The Morgan fingerprint density at radius 3 is 2.40 bits per heavy atom. The van der Waals surface area contributed by atoms with Gasteiger partial charge in [0, 0.05) is 12.1 Å². The van der Waals surface area contributed by atoms with E-state index in [1.807, 2.05) is 0 Å². The van der Waals surface area contributed by atoms with Crippen LogP contribution in [-0.4, -0.2) is 4.92 Å². The van der Waals surface area contributed by atoms with Crippen molar-refractivity contribution in [2.45, 2.75) is 6.92 Å². The third kappa shape index (κ3) is 2.71. The van der Waals surface area contributed by atoms with Gasteiger partial charge in [0.1, 0.15) is 0 Å². The molecule has 0 fully saturated rings. The number of hydrogen-bond donors (Lipinski definition) is 0. The Morgan fingerprint density at radius 2 is 1.80 bits per heavy atom. The van der Waals surface area contributed by atoms with Crippen molar-refractivity contribution in [1.82, 2.24) is 0 Å². The number of aryl methyl sites for hydroxylation is 1. The zero-order chi connectivity index (χ0) is 14.7. The van der Waals surface area contributed by atoms with Crippen LogP contribution in [0.15, 0.2) is 54.6 Å². The molecule has 0 saturated carbocycles. The second-order valence-corrected chi connectivity index (χ2v) is 4.26. The number of rotatable bonds is 3. The van der Waals surface area contributed by atoms with Gasteiger partial charge in [0.05, 0.1) is 10.5 Å². The molecule has 0 N–H and O–H groups in total. The summed E-state index contributed by atoms with van der Waals surface area (Å²) in [5.74, 6) is 0. The quantitative estimate of drug-likeness (QED) is 0.608. The topological polar surface area (TPSA) is 43.1 Å². The second-order valence-electron chi connectivity index (χ2n) is 4.26. The molecule has 0 atom stereocenters. The van der Waals surface area contributed by atoms with E-state index in [-0.39, 0.29) is 16.8 Å². The van der Waals surface area contributed by atoms with Gasteiger partial charge in [0.25, 0.3) is 11.8 Å². The maximum atomic E-state index is 13.3. The SMILES string of the molecule is Cc1ccccc1C(=C(F)F)c1cccc([N+](=O)[O-])c1. The summed E-state index contributed by atoms with van der Waals surface area (Å²) in [5, 5.41) is 10.8. The van der Waals surface area contributed by atoms with Crippen LogP contribution in [0.3, 0.4) is 0 Å². The molecule has 0 bridgehead atoms. The summed E-state index contributed by atoms with van der Waals surface area (Å²) in [6.07, 6.45) is -1.86. The molecule has 0 aliphatic carbocycles. The van der Waals surface area contributed by atoms with Crippen LogP contribution in [0.5, 0.6) is 0 Å². The number of hydrogen-bond acceptors (Lipinski definition) is 2. The molecule has 0 heterocycles. The highest BCUT2D eigenvalue weighted by Gasteiger charge is 2.16. The van der Waals surface area contributed by atoms with Crippen molar-refractivity contribution in [2.75, 3.05) is 0 Å². The first kappa shape index (κ1) is 13.9. The maximum Gasteiger partial charge on any atom is 0.278 e. The van der Waals surface area contributed by atoms with Crippen molar-refractivity contribution in [3.63, 3.8) is 0 Å². The molecule has 0 amide bonds. The lowest BCUT2D eigenvalue weighted by Crippen LogP contribution is -1.95. The smallest absolute Gasteiger partial charge is 0.258 e. The van der Waals surface area contributed by atoms with Gasteiger partial charge in [-0.15, -0.1) is 0 Å². The Balaban J connectivity index is 2.63. The van der Waals surface area contributed by atoms with Crippen molar-refractivity contribution < 1.29 is 13.7 Å². The van der Waals surface area contributed by atoms with E-state index in [1.165, 1.54) is 18.2 Å². The first-order valence-electron chi connectivity index (χ1n) is 5.87. The van der Waals surface area contributed by atoms with Crippen molar-refractivity contribution in [2.24, 2.45) is 0 Å². The minimum Gasteiger partial charge on any atom is -0.258 e. The summed E-state index contributed by atoms with van der Waals surface area (Å²) in [7, 11) is 0. The Morgan fingerprint density at radius 1 is 1.10 bits per heavy atom. The molecule has 20 heavy (non-hydrogen) atoms. The summed E-state index contributed by atoms with van der Waals surface area (Å²) in [6, 6.07) is 12.0. The predicted octanol–water partition coefficient (Wildman–Crippen LogP) is 4.56. The summed E-state index contributed by atoms with van der Waals surface area (Å²) < 4.78 is 26.6. The monoisotopic (exact) mass is 275 g/mol. The van der Waals surface area contributed by atoms with E-state index in [4.69, 9.17) is 0 Å². The lowest BCUT2D eigenvalue weighted by Gasteiger charge is -2.10. The van der Waals surface area contributed by atoms with Crippen LogP contribution in [0.2, 0.25) is 0 Å². The van der Waals surface area contributed by atoms with Crippen LogP contribution in [0.1, 0.15) is 16.7 Å². The molecule has 2 aromatic rings. The van der Waals surface area contributed by atoms with Crippen molar-refractivity contribution in [3.05, 3.63) is 81.4 Å². The second kappa shape index (κ2) is 5.61. The van der Waals surface area contributed by atoms with E-state index in [9.17, 15) is 18.9 Å². The molecule has 0 aromatic heterocycles. The van der Waals surface area contributed by atoms with Crippen LogP contribution in [0.25, 0.3) is 5.57 Å². The fourth-order valence-corrected chi connectivity index (χ4v) is 1.99. The van der Waals surface area contributed by atoms with E-state index in [2.05, 4.69) is 0 Å². The van der Waals surface area contributed by atoms with Crippen LogP contribution >= 0.6 is 0 Å². The lowest BCUT2D eigenvalue weighted by molar-refractivity contribution is -0.384. The van der Waals surface area contributed by atoms with Gasteiger partial charge in [-0.2, -0.15) is 8.78 Å². The minimum absolute atomic E-state index is 0.133. The first-order valence-corrected chi connectivity index (χ1v) is 5.87. The summed E-state index contributed by atoms with van der Waals surface area (Å²) in [4.78, 5) is 10.1. The first-order chi connectivity index (χ1) is 9.50. The van der Waals surface area contributed by atoms with Crippen LogP contribution < -0.4 is 0 Å². The fourth-order valence-electron chi connectivity index (χ4n) is 1.99. The molecule has 2 rings (SSSR count). The van der Waals surface area contributed by atoms with Crippen molar-refractivity contribution >= 4 is 11.3 Å². The molecule has 102 valence electrons. The van der Waals surface area contributed by atoms with E-state index < -0.39 is 11.0 Å². The highest BCUT2D eigenvalue weighted by molar-refractivity contribution is 5.82. The standard InChI is InChI=1S/C15H11F2NO2/c1-10-5-2-3-8-13(10)14(15(16)17)11-6-4-7-12(9-11)18(19)20/h2-9H,1H3. The van der Waals surface area contributed by atoms with Gasteiger partial charge in [-0.3, -0.25) is 10.1 Å². The Labute approximate surface area is 114 Å². The molecular weight excluding hydrogens is 264 g/mol. The van der Waals surface area contributed by atoms with Gasteiger partial charge in [-0.05, 0) is 23.6 Å². The van der Waals surface area contributed by atoms with E-state index >= 15 is 0 Å². The molecular formula is C15H11F2NO2. The lowest BCUT2D eigenvalue weighted by atomic mass is 9.95. The van der Waals surface area contributed by atoms with Crippen LogP contribution in [0.4, 0.5) is 14.5 Å². The maximum absolute atomic E-state index is 13.3. The number of non-ortho nitro benzene ring substituents is 1. The number of nitrogens with zero attached hydrogens (tertiary/aromatic N) is 1. The predicted molar refractivity (Wildman–Crippen MR) is 72.5 cm³/mol. The van der Waals surface area contributed by atoms with Gasteiger partial charge >= 0.3 is 0 Å². The Hall–Kier alpha value is -2.56. The molecule has 0 saturated heterocycles. The molecule has 3 nitrogen and oxygen atoms in total. The highest BCUT2D eigenvalue weighted by atomic mass is 19.3. The molecule has 2 aromatic carbocycles. The average molecular weight is 275 g/mol. The summed E-state index contributed by atoms with van der Waals surface area (Å²) in [6.45, 7) is 1.72. The number of benzene rings is 2. The van der Waals surface area contributed by atoms with Crippen molar-refractivity contribution in [1.29, 1.82) is 0 Å². The molecule has 0 aliphatic rings. The number of nitro benzene ring substituents is 1. The van der Waals surface area contributed by atoms with Gasteiger partial charge in [0.15, 0.2) is 0 Å². The number of nitro groups is 1. The van der Waals surface area contributed by atoms with Crippen LogP contribution in [0, 0.1) is 17.0 Å². The minimum atomic E-state index is -1.86. The van der Waals surface area contributed by atoms with Gasteiger partial charge in [-0.1, -0.05) is 36.4 Å². The zero-order valence-corrected chi connectivity index (χ0v) is 10.6. The van der Waals surface area contributed by atoms with Gasteiger partial charge in [-0.25, -0.2) is 0 Å². The van der Waals surface area contributed by atoms with Crippen LogP contribution in [-0.2, 0) is 0 Å². The van der Waals surface area contributed by atoms with E-state index in [1.54, 1.807) is 31.2 Å². The van der Waals surface area contributed by atoms with E-state index in [0.717, 1.165) is 6.07 Å². The fraction of sp³-hybridized carbons (Fsp3) is 0.0667. The third-order valence-electron chi connectivity index (χ3n) is 2.95. The Bertz CT molecular complexity index is 692. The molecule has 0 radical (unpaired) electrons. The largest absolute Gasteiger partial charge is 0.278 e. The zero-order valence-electron chi connectivity index (χ0n) is 10.6. The summed E-state index contributed by atoms with van der Waals surface area (Å²) >= 11 is 0. The van der Waals surface area contributed by atoms with Gasteiger partial charge in [0.2, 0.25) is 0 Å². The molecule has 0 unspecified atom stereocenters. The Kier molecular flexibility index (Phi) is 3.89. The van der Waals surface area contributed by atoms with E-state index in [0.29, 0.717) is 11.1 Å². The van der Waals surface area contributed by atoms with Crippen molar-refractivity contribution in [3.8, 4) is 0 Å². The third-order valence-corrected chi connectivity index (χ3v) is 2.95. The molecule has 0 aliphatic heterocycles. The molecule has 5 heteroatoms. The normalized spacial score (nSPS) is 10.2. The summed E-state index contributed by atoms with van der Waals surface area (Å²) in [5.41, 5.74) is 0.699. The number of halogens is 2. The average Bonchev–Trinajstić information content (AvgIpc) is 2.41. The molecule has 0 spiro atoms.